The van der Waals surface area contributed by atoms with Crippen LogP contribution in [0, 0.1) is 0 Å². The van der Waals surface area contributed by atoms with Crippen molar-refractivity contribution in [1.29, 1.82) is 0 Å². The molecule has 3 N–H and O–H groups in total. The highest BCUT2D eigenvalue weighted by Gasteiger charge is 2.42. The van der Waals surface area contributed by atoms with Crippen LogP contribution in [-0.4, -0.2) is 49.5 Å². The number of rotatable bonds is 4. The van der Waals surface area contributed by atoms with Gasteiger partial charge in [0.2, 0.25) is 0 Å². The van der Waals surface area contributed by atoms with Crippen LogP contribution in [0.15, 0.2) is 0 Å². The standard InChI is InChI=1S/C18H33N3OS/c23-17(20-16-7-3-1-4-8-16)19-15-18(9-5-2-6-10-18)21-11-13-22-14-12-21/h16H,1-15H2,(H2,19,20,23)/p+1. The summed E-state index contributed by atoms with van der Waals surface area (Å²) in [5, 5.41) is 8.05. The van der Waals surface area contributed by atoms with E-state index < -0.39 is 0 Å². The molecule has 132 valence electrons. The zero-order chi connectivity index (χ0) is 16.0. The van der Waals surface area contributed by atoms with Gasteiger partial charge in [-0.3, -0.25) is 0 Å². The van der Waals surface area contributed by atoms with Gasteiger partial charge in [0.1, 0.15) is 18.6 Å². The Balaban J connectivity index is 1.52. The van der Waals surface area contributed by atoms with E-state index in [4.69, 9.17) is 17.0 Å². The summed E-state index contributed by atoms with van der Waals surface area (Å²) in [5.41, 5.74) is 0.375. The van der Waals surface area contributed by atoms with Gasteiger partial charge in [-0.15, -0.1) is 0 Å². The second kappa shape index (κ2) is 8.63. The largest absolute Gasteiger partial charge is 0.370 e. The van der Waals surface area contributed by atoms with Gasteiger partial charge in [0, 0.05) is 18.9 Å². The van der Waals surface area contributed by atoms with Crippen molar-refractivity contribution in [3.05, 3.63) is 0 Å². The monoisotopic (exact) mass is 340 g/mol. The molecule has 2 saturated carbocycles. The van der Waals surface area contributed by atoms with E-state index in [1.54, 1.807) is 4.90 Å². The topological polar surface area (TPSA) is 37.7 Å². The first-order valence-electron chi connectivity index (χ1n) is 9.76. The zero-order valence-electron chi connectivity index (χ0n) is 14.5. The van der Waals surface area contributed by atoms with Crippen molar-refractivity contribution in [2.45, 2.75) is 75.8 Å². The summed E-state index contributed by atoms with van der Waals surface area (Å²) in [6, 6.07) is 0.599. The minimum absolute atomic E-state index is 0.375. The molecule has 23 heavy (non-hydrogen) atoms. The van der Waals surface area contributed by atoms with Crippen LogP contribution in [0.2, 0.25) is 0 Å². The first kappa shape index (κ1) is 17.4. The summed E-state index contributed by atoms with van der Waals surface area (Å²) in [6.07, 6.45) is 13.5. The highest BCUT2D eigenvalue weighted by atomic mass is 32.1. The van der Waals surface area contributed by atoms with Crippen LogP contribution in [0.1, 0.15) is 64.2 Å². The van der Waals surface area contributed by atoms with Gasteiger partial charge in [0.15, 0.2) is 5.11 Å². The highest BCUT2D eigenvalue weighted by molar-refractivity contribution is 7.80. The molecule has 1 saturated heterocycles. The smallest absolute Gasteiger partial charge is 0.166 e. The fourth-order valence-electron chi connectivity index (χ4n) is 4.76. The van der Waals surface area contributed by atoms with Gasteiger partial charge < -0.3 is 20.3 Å². The van der Waals surface area contributed by atoms with Gasteiger partial charge in [-0.2, -0.15) is 0 Å². The lowest BCUT2D eigenvalue weighted by Crippen LogP contribution is -3.23. The number of hydrogen-bond donors (Lipinski definition) is 3. The molecule has 0 unspecified atom stereocenters. The molecule has 5 heteroatoms. The Labute approximate surface area is 146 Å². The second-order valence-electron chi connectivity index (χ2n) is 7.72. The Kier molecular flexibility index (Phi) is 6.54. The molecule has 0 amide bonds. The Morgan fingerprint density at radius 2 is 1.65 bits per heavy atom. The minimum atomic E-state index is 0.375. The summed E-state index contributed by atoms with van der Waals surface area (Å²) in [4.78, 5) is 1.75. The summed E-state index contributed by atoms with van der Waals surface area (Å²) in [5.74, 6) is 0. The number of hydrogen-bond acceptors (Lipinski definition) is 2. The van der Waals surface area contributed by atoms with Crippen molar-refractivity contribution < 1.29 is 9.64 Å². The normalized spacial score (nSPS) is 26.6. The number of nitrogens with one attached hydrogen (secondary N) is 3. The van der Waals surface area contributed by atoms with Gasteiger partial charge in [-0.05, 0) is 37.9 Å². The van der Waals surface area contributed by atoms with Crippen LogP contribution >= 0.6 is 12.2 Å². The fourth-order valence-corrected chi connectivity index (χ4v) is 5.00. The van der Waals surface area contributed by atoms with Crippen LogP contribution < -0.4 is 15.5 Å². The molecule has 4 nitrogen and oxygen atoms in total. The summed E-state index contributed by atoms with van der Waals surface area (Å²) in [7, 11) is 0. The average molecular weight is 341 g/mol. The molecule has 0 aromatic heterocycles. The molecule has 1 aliphatic heterocycles. The lowest BCUT2D eigenvalue weighted by Gasteiger charge is -2.45. The van der Waals surface area contributed by atoms with Crippen molar-refractivity contribution in [1.82, 2.24) is 10.6 Å². The SMILES string of the molecule is S=C(NCC1([NH+]2CCOCC2)CCCCC1)NC1CCCCC1. The Morgan fingerprint density at radius 1 is 1.00 bits per heavy atom. The maximum absolute atomic E-state index is 5.60. The van der Waals surface area contributed by atoms with Gasteiger partial charge in [0.05, 0.1) is 19.8 Å². The average Bonchev–Trinajstić information content (AvgIpc) is 2.62. The first-order chi connectivity index (χ1) is 11.3. The van der Waals surface area contributed by atoms with Crippen LogP contribution in [0.4, 0.5) is 0 Å². The van der Waals surface area contributed by atoms with E-state index in [0.717, 1.165) is 38.0 Å². The second-order valence-corrected chi connectivity index (χ2v) is 8.13. The third kappa shape index (κ3) is 4.80. The molecule has 1 heterocycles. The molecule has 3 fully saturated rings. The molecule has 2 aliphatic carbocycles. The van der Waals surface area contributed by atoms with Crippen LogP contribution in [-0.2, 0) is 4.74 Å². The lowest BCUT2D eigenvalue weighted by atomic mass is 9.80. The predicted octanol–water partition coefficient (Wildman–Crippen LogP) is 1.40. The Bertz CT molecular complexity index is 372. The van der Waals surface area contributed by atoms with Crippen molar-refractivity contribution in [3.8, 4) is 0 Å². The van der Waals surface area contributed by atoms with E-state index in [1.807, 2.05) is 0 Å². The van der Waals surface area contributed by atoms with Crippen molar-refractivity contribution in [2.24, 2.45) is 0 Å². The van der Waals surface area contributed by atoms with E-state index in [0.29, 0.717) is 11.6 Å². The molecule has 0 atom stereocenters. The van der Waals surface area contributed by atoms with Crippen LogP contribution in [0.3, 0.4) is 0 Å². The van der Waals surface area contributed by atoms with Gasteiger partial charge in [-0.1, -0.05) is 25.7 Å². The quantitative estimate of drug-likeness (QED) is 0.677. The maximum Gasteiger partial charge on any atom is 0.166 e. The van der Waals surface area contributed by atoms with Crippen LogP contribution in [0.5, 0.6) is 0 Å². The summed E-state index contributed by atoms with van der Waals surface area (Å²) in [6.45, 7) is 5.18. The molecule has 0 aromatic rings. The van der Waals surface area contributed by atoms with E-state index in [2.05, 4.69) is 10.6 Å². The van der Waals surface area contributed by atoms with Crippen molar-refractivity contribution in [2.75, 3.05) is 32.8 Å². The molecule has 0 aromatic carbocycles. The minimum Gasteiger partial charge on any atom is -0.370 e. The van der Waals surface area contributed by atoms with E-state index in [1.165, 1.54) is 64.2 Å². The third-order valence-electron chi connectivity index (χ3n) is 6.18. The molecule has 0 bridgehead atoms. The number of quaternary nitrogens is 1. The van der Waals surface area contributed by atoms with E-state index in [9.17, 15) is 0 Å². The lowest BCUT2D eigenvalue weighted by molar-refractivity contribution is -0.960. The predicted molar refractivity (Wildman–Crippen MR) is 97.9 cm³/mol. The summed E-state index contributed by atoms with van der Waals surface area (Å²) >= 11 is 5.60. The van der Waals surface area contributed by atoms with E-state index in [-0.39, 0.29) is 0 Å². The van der Waals surface area contributed by atoms with Gasteiger partial charge in [-0.25, -0.2) is 0 Å². The highest BCUT2D eigenvalue weighted by Crippen LogP contribution is 2.25. The van der Waals surface area contributed by atoms with Gasteiger partial charge in [0.25, 0.3) is 0 Å². The van der Waals surface area contributed by atoms with Crippen LogP contribution in [0.25, 0.3) is 0 Å². The molecular weight excluding hydrogens is 306 g/mol. The maximum atomic E-state index is 5.60. The first-order valence-corrected chi connectivity index (χ1v) is 10.2. The Hall–Kier alpha value is -0.390. The molecule has 3 aliphatic rings. The molecule has 0 radical (unpaired) electrons. The van der Waals surface area contributed by atoms with E-state index >= 15 is 0 Å². The zero-order valence-corrected chi connectivity index (χ0v) is 15.3. The molecule has 0 spiro atoms. The number of morpholine rings is 1. The van der Waals surface area contributed by atoms with Crippen molar-refractivity contribution in [3.63, 3.8) is 0 Å². The number of ether oxygens (including phenoxy) is 1. The molecular formula is C18H34N3OS+. The molecule has 3 rings (SSSR count). The third-order valence-corrected chi connectivity index (χ3v) is 6.45. The van der Waals surface area contributed by atoms with Crippen molar-refractivity contribution >= 4 is 17.3 Å². The summed E-state index contributed by atoms with van der Waals surface area (Å²) < 4.78 is 5.58. The number of thiocarbonyl (C=S) groups is 1. The fraction of sp³-hybridized carbons (Fsp3) is 0.944. The van der Waals surface area contributed by atoms with Gasteiger partial charge >= 0.3 is 0 Å². The Morgan fingerprint density at radius 3 is 2.35 bits per heavy atom.